The predicted octanol–water partition coefficient (Wildman–Crippen LogP) is 3.56. The predicted molar refractivity (Wildman–Crippen MR) is 78.1 cm³/mol. The number of nitrogens with zero attached hydrogens (tertiary/aromatic N) is 1. The Balaban J connectivity index is 2.04. The van der Waals surface area contributed by atoms with E-state index in [4.69, 9.17) is 4.74 Å². The van der Waals surface area contributed by atoms with Crippen LogP contribution in [0.1, 0.15) is 18.1 Å². The molecule has 104 valence electrons. The minimum absolute atomic E-state index is 0.208. The molecule has 0 bridgehead atoms. The molecule has 21 heavy (non-hydrogen) atoms. The first-order chi connectivity index (χ1) is 10.1. The van der Waals surface area contributed by atoms with Crippen molar-refractivity contribution in [3.8, 4) is 0 Å². The topological polar surface area (TPSA) is 38.7 Å². The van der Waals surface area contributed by atoms with E-state index in [2.05, 4.69) is 4.99 Å². The average Bonchev–Trinajstić information content (AvgIpc) is 2.89. The summed E-state index contributed by atoms with van der Waals surface area (Å²) in [4.78, 5) is 16.2. The van der Waals surface area contributed by atoms with Crippen LogP contribution in [0, 0.1) is 5.82 Å². The third-order valence-corrected chi connectivity index (χ3v) is 3.23. The molecule has 4 heteroatoms. The zero-order valence-corrected chi connectivity index (χ0v) is 11.3. The van der Waals surface area contributed by atoms with Gasteiger partial charge in [0.15, 0.2) is 5.70 Å². The molecule has 0 saturated heterocycles. The fraction of sp³-hybridized carbons (Fsp3) is 0.0588. The molecule has 1 heterocycles. The van der Waals surface area contributed by atoms with Gasteiger partial charge in [0.1, 0.15) is 5.82 Å². The van der Waals surface area contributed by atoms with Crippen molar-refractivity contribution >= 4 is 17.4 Å². The number of carbonyl (C=O) groups is 1. The van der Waals surface area contributed by atoms with Crippen molar-refractivity contribution in [3.63, 3.8) is 0 Å². The second-order valence-electron chi connectivity index (χ2n) is 4.66. The normalized spacial score (nSPS) is 16.5. The van der Waals surface area contributed by atoms with E-state index in [0.717, 1.165) is 5.56 Å². The first-order valence-electron chi connectivity index (χ1n) is 6.48. The summed E-state index contributed by atoms with van der Waals surface area (Å²) in [7, 11) is 0. The van der Waals surface area contributed by atoms with Crippen LogP contribution >= 0.6 is 0 Å². The first-order valence-corrected chi connectivity index (χ1v) is 6.48. The fourth-order valence-corrected chi connectivity index (χ4v) is 2.11. The minimum Gasteiger partial charge on any atom is -0.402 e. The number of halogens is 1. The summed E-state index contributed by atoms with van der Waals surface area (Å²) in [5.41, 5.74) is 2.14. The van der Waals surface area contributed by atoms with E-state index in [1.54, 1.807) is 19.1 Å². The molecule has 1 aliphatic rings. The van der Waals surface area contributed by atoms with Gasteiger partial charge in [-0.1, -0.05) is 30.3 Å². The molecule has 1 aliphatic heterocycles. The highest BCUT2D eigenvalue weighted by atomic mass is 19.1. The van der Waals surface area contributed by atoms with Crippen LogP contribution in [0.3, 0.4) is 0 Å². The lowest BCUT2D eigenvalue weighted by atomic mass is 10.1. The summed E-state index contributed by atoms with van der Waals surface area (Å²) in [6.07, 6.45) is 0. The molecule has 0 amide bonds. The maximum absolute atomic E-state index is 13.3. The Labute approximate surface area is 121 Å². The molecule has 0 N–H and O–H groups in total. The van der Waals surface area contributed by atoms with Gasteiger partial charge in [0.05, 0.1) is 0 Å². The van der Waals surface area contributed by atoms with Crippen LogP contribution in [0.25, 0.3) is 5.57 Å². The number of hydrogen-bond acceptors (Lipinski definition) is 3. The van der Waals surface area contributed by atoms with Crippen LogP contribution in [0.2, 0.25) is 0 Å². The standard InChI is InChI=1S/C17H12FNO2/c1-11(13-8-5-9-14(18)10-13)15-17(20)21-16(19-15)12-6-3-2-4-7-12/h2-10H,1H3/b15-11-. The van der Waals surface area contributed by atoms with Crippen molar-refractivity contribution in [2.45, 2.75) is 6.92 Å². The number of ether oxygens (including phenoxy) is 1. The summed E-state index contributed by atoms with van der Waals surface area (Å²) < 4.78 is 18.5. The lowest BCUT2D eigenvalue weighted by Crippen LogP contribution is -2.05. The van der Waals surface area contributed by atoms with Crippen molar-refractivity contribution in [1.29, 1.82) is 0 Å². The molecule has 2 aromatic carbocycles. The monoisotopic (exact) mass is 281 g/mol. The zero-order valence-electron chi connectivity index (χ0n) is 11.3. The van der Waals surface area contributed by atoms with Gasteiger partial charge >= 0.3 is 5.97 Å². The Morgan fingerprint density at radius 2 is 1.86 bits per heavy atom. The van der Waals surface area contributed by atoms with Crippen LogP contribution in [0.15, 0.2) is 65.3 Å². The van der Waals surface area contributed by atoms with Crippen molar-refractivity contribution in [1.82, 2.24) is 0 Å². The fourth-order valence-electron chi connectivity index (χ4n) is 2.11. The largest absolute Gasteiger partial charge is 0.402 e. The molecule has 2 aromatic rings. The number of rotatable bonds is 2. The van der Waals surface area contributed by atoms with E-state index in [-0.39, 0.29) is 17.4 Å². The van der Waals surface area contributed by atoms with Crippen molar-refractivity contribution in [2.75, 3.05) is 0 Å². The first kappa shape index (κ1) is 13.2. The Morgan fingerprint density at radius 1 is 1.10 bits per heavy atom. The van der Waals surface area contributed by atoms with Crippen LogP contribution in [0.5, 0.6) is 0 Å². The van der Waals surface area contributed by atoms with Crippen molar-refractivity contribution in [2.24, 2.45) is 4.99 Å². The molecule has 0 unspecified atom stereocenters. The highest BCUT2D eigenvalue weighted by molar-refractivity contribution is 6.14. The Morgan fingerprint density at radius 3 is 2.57 bits per heavy atom. The SMILES string of the molecule is C/C(=C1/N=C(c2ccccc2)OC1=O)c1cccc(F)c1. The highest BCUT2D eigenvalue weighted by Crippen LogP contribution is 2.25. The van der Waals surface area contributed by atoms with Gasteiger partial charge in [0.25, 0.3) is 0 Å². The van der Waals surface area contributed by atoms with E-state index < -0.39 is 5.97 Å². The van der Waals surface area contributed by atoms with Crippen LogP contribution < -0.4 is 0 Å². The maximum Gasteiger partial charge on any atom is 0.364 e. The third-order valence-electron chi connectivity index (χ3n) is 3.23. The number of benzene rings is 2. The molecular formula is C17H12FNO2. The molecule has 3 rings (SSSR count). The molecule has 0 fully saturated rings. The van der Waals surface area contributed by atoms with Gasteiger partial charge in [-0.15, -0.1) is 0 Å². The van der Waals surface area contributed by atoms with Crippen LogP contribution in [0.4, 0.5) is 4.39 Å². The van der Waals surface area contributed by atoms with E-state index in [1.165, 1.54) is 12.1 Å². The summed E-state index contributed by atoms with van der Waals surface area (Å²) in [5.74, 6) is -0.604. The molecule has 0 saturated carbocycles. The summed E-state index contributed by atoms with van der Waals surface area (Å²) >= 11 is 0. The summed E-state index contributed by atoms with van der Waals surface area (Å²) in [6.45, 7) is 1.72. The van der Waals surface area contributed by atoms with Gasteiger partial charge in [-0.25, -0.2) is 14.2 Å². The van der Waals surface area contributed by atoms with Crippen molar-refractivity contribution < 1.29 is 13.9 Å². The third kappa shape index (κ3) is 2.60. The number of allylic oxidation sites excluding steroid dienone is 1. The Bertz CT molecular complexity index is 763. The zero-order chi connectivity index (χ0) is 14.8. The average molecular weight is 281 g/mol. The molecule has 0 aromatic heterocycles. The minimum atomic E-state index is -0.518. The number of cyclic esters (lactones) is 1. The smallest absolute Gasteiger partial charge is 0.364 e. The lowest BCUT2D eigenvalue weighted by Gasteiger charge is -2.02. The van der Waals surface area contributed by atoms with Gasteiger partial charge < -0.3 is 4.74 Å². The molecule has 0 radical (unpaired) electrons. The number of hydrogen-bond donors (Lipinski definition) is 0. The van der Waals surface area contributed by atoms with Crippen LogP contribution in [-0.2, 0) is 9.53 Å². The molecule has 0 atom stereocenters. The van der Waals surface area contributed by atoms with Gasteiger partial charge in [-0.05, 0) is 42.3 Å². The van der Waals surface area contributed by atoms with E-state index >= 15 is 0 Å². The van der Waals surface area contributed by atoms with Gasteiger partial charge in [-0.2, -0.15) is 0 Å². The quantitative estimate of drug-likeness (QED) is 0.623. The molecular weight excluding hydrogens is 269 g/mol. The number of esters is 1. The Hall–Kier alpha value is -2.75. The van der Waals surface area contributed by atoms with E-state index in [0.29, 0.717) is 11.1 Å². The molecule has 0 spiro atoms. The summed E-state index contributed by atoms with van der Waals surface area (Å²) in [5, 5.41) is 0. The second-order valence-corrected chi connectivity index (χ2v) is 4.66. The van der Waals surface area contributed by atoms with Crippen molar-refractivity contribution in [3.05, 3.63) is 77.2 Å². The number of carbonyl (C=O) groups excluding carboxylic acids is 1. The molecule has 3 nitrogen and oxygen atoms in total. The number of aliphatic imine (C=N–C) groups is 1. The van der Waals surface area contributed by atoms with Crippen LogP contribution in [-0.4, -0.2) is 11.9 Å². The lowest BCUT2D eigenvalue weighted by molar-refractivity contribution is -0.129. The second kappa shape index (κ2) is 5.32. The Kier molecular flexibility index (Phi) is 3.36. The maximum atomic E-state index is 13.3. The van der Waals surface area contributed by atoms with Gasteiger partial charge in [0, 0.05) is 5.56 Å². The van der Waals surface area contributed by atoms with Gasteiger partial charge in [0.2, 0.25) is 5.90 Å². The van der Waals surface area contributed by atoms with E-state index in [9.17, 15) is 9.18 Å². The highest BCUT2D eigenvalue weighted by Gasteiger charge is 2.26. The van der Waals surface area contributed by atoms with E-state index in [1.807, 2.05) is 30.3 Å². The van der Waals surface area contributed by atoms with Gasteiger partial charge in [-0.3, -0.25) is 0 Å². The summed E-state index contributed by atoms with van der Waals surface area (Å²) in [6, 6.07) is 15.2. The molecule has 0 aliphatic carbocycles.